The molecule has 0 radical (unpaired) electrons. The number of anilines is 1. The molecule has 2 heterocycles. The maximum absolute atomic E-state index is 5.73. The van der Waals surface area contributed by atoms with Crippen LogP contribution < -0.4 is 5.73 Å². The van der Waals surface area contributed by atoms with Crippen molar-refractivity contribution >= 4 is 16.7 Å². The quantitative estimate of drug-likeness (QED) is 0.675. The second-order valence-electron chi connectivity index (χ2n) is 4.04. The zero-order valence-electron chi connectivity index (χ0n) is 8.77. The number of nitrogens with zero attached hydrogens (tertiary/aromatic N) is 2. The van der Waals surface area contributed by atoms with Crippen molar-refractivity contribution in [3.8, 4) is 11.8 Å². The van der Waals surface area contributed by atoms with Crippen LogP contribution in [0.25, 0.3) is 10.9 Å². The molecule has 2 aromatic rings. The van der Waals surface area contributed by atoms with Gasteiger partial charge < -0.3 is 5.73 Å². The Bertz CT molecular complexity index is 603. The van der Waals surface area contributed by atoms with Crippen LogP contribution in [0.5, 0.6) is 0 Å². The number of aromatic nitrogens is 2. The van der Waals surface area contributed by atoms with Crippen LogP contribution in [0.1, 0.15) is 18.4 Å². The molecule has 0 bridgehead atoms. The Balaban J connectivity index is 2.06. The molecule has 2 aromatic heterocycles. The van der Waals surface area contributed by atoms with Crippen molar-refractivity contribution in [2.45, 2.75) is 12.8 Å². The van der Waals surface area contributed by atoms with E-state index in [1.165, 1.54) is 12.8 Å². The SMILES string of the molecule is Nc1nccc2cc(C#CC3CC3)cnc12. The van der Waals surface area contributed by atoms with E-state index in [0.29, 0.717) is 11.7 Å². The van der Waals surface area contributed by atoms with Gasteiger partial charge in [-0.15, -0.1) is 0 Å². The fourth-order valence-electron chi connectivity index (χ4n) is 1.56. The van der Waals surface area contributed by atoms with E-state index in [0.717, 1.165) is 16.5 Å². The summed E-state index contributed by atoms with van der Waals surface area (Å²) in [4.78, 5) is 8.29. The molecule has 0 aromatic carbocycles. The second-order valence-corrected chi connectivity index (χ2v) is 4.04. The maximum atomic E-state index is 5.73. The zero-order valence-corrected chi connectivity index (χ0v) is 8.77. The van der Waals surface area contributed by atoms with Gasteiger partial charge in [-0.05, 0) is 25.0 Å². The summed E-state index contributed by atoms with van der Waals surface area (Å²) in [6.45, 7) is 0. The van der Waals surface area contributed by atoms with Crippen molar-refractivity contribution in [2.75, 3.05) is 5.73 Å². The molecule has 2 N–H and O–H groups in total. The summed E-state index contributed by atoms with van der Waals surface area (Å²) in [7, 11) is 0. The molecule has 3 heteroatoms. The average molecular weight is 209 g/mol. The Labute approximate surface area is 93.7 Å². The Hall–Kier alpha value is -2.08. The number of nitrogen functional groups attached to an aromatic ring is 1. The largest absolute Gasteiger partial charge is 0.382 e. The lowest BCUT2D eigenvalue weighted by Gasteiger charge is -1.99. The van der Waals surface area contributed by atoms with Crippen molar-refractivity contribution in [3.05, 3.63) is 30.1 Å². The normalized spacial score (nSPS) is 14.5. The molecule has 3 rings (SSSR count). The van der Waals surface area contributed by atoms with Crippen LogP contribution in [0.3, 0.4) is 0 Å². The van der Waals surface area contributed by atoms with Crippen LogP contribution in [0.15, 0.2) is 24.5 Å². The molecule has 16 heavy (non-hydrogen) atoms. The molecule has 1 aliphatic carbocycles. The van der Waals surface area contributed by atoms with E-state index in [1.54, 1.807) is 12.4 Å². The minimum atomic E-state index is 0.471. The summed E-state index contributed by atoms with van der Waals surface area (Å²) in [6, 6.07) is 3.91. The molecule has 0 aliphatic heterocycles. The molecule has 0 unspecified atom stereocenters. The van der Waals surface area contributed by atoms with E-state index in [9.17, 15) is 0 Å². The molecule has 0 amide bonds. The summed E-state index contributed by atoms with van der Waals surface area (Å²) in [5.74, 6) is 7.44. The van der Waals surface area contributed by atoms with Crippen LogP contribution in [0.4, 0.5) is 5.82 Å². The molecule has 3 nitrogen and oxygen atoms in total. The van der Waals surface area contributed by atoms with Gasteiger partial charge in [0.25, 0.3) is 0 Å². The van der Waals surface area contributed by atoms with E-state index < -0.39 is 0 Å². The number of hydrogen-bond acceptors (Lipinski definition) is 3. The molecule has 0 spiro atoms. The minimum Gasteiger partial charge on any atom is -0.382 e. The summed E-state index contributed by atoms with van der Waals surface area (Å²) in [5, 5.41) is 0.995. The Morgan fingerprint density at radius 3 is 3.00 bits per heavy atom. The van der Waals surface area contributed by atoms with E-state index in [-0.39, 0.29) is 0 Å². The minimum absolute atomic E-state index is 0.471. The van der Waals surface area contributed by atoms with Gasteiger partial charge in [0.2, 0.25) is 0 Å². The molecule has 0 atom stereocenters. The number of hydrogen-bond donors (Lipinski definition) is 1. The fourth-order valence-corrected chi connectivity index (χ4v) is 1.56. The van der Waals surface area contributed by atoms with Gasteiger partial charge in [0.1, 0.15) is 11.3 Å². The number of rotatable bonds is 0. The van der Waals surface area contributed by atoms with E-state index in [2.05, 4.69) is 21.8 Å². The Morgan fingerprint density at radius 2 is 2.19 bits per heavy atom. The Morgan fingerprint density at radius 1 is 1.31 bits per heavy atom. The first-order chi connectivity index (χ1) is 7.83. The first-order valence-electron chi connectivity index (χ1n) is 5.35. The number of nitrogens with two attached hydrogens (primary N) is 1. The third-order valence-electron chi connectivity index (χ3n) is 2.63. The molecular formula is C13H11N3. The van der Waals surface area contributed by atoms with Crippen LogP contribution in [0, 0.1) is 17.8 Å². The molecule has 0 saturated heterocycles. The third kappa shape index (κ3) is 1.70. The monoisotopic (exact) mass is 209 g/mol. The molecular weight excluding hydrogens is 198 g/mol. The van der Waals surface area contributed by atoms with Gasteiger partial charge in [-0.1, -0.05) is 11.8 Å². The molecule has 78 valence electrons. The van der Waals surface area contributed by atoms with Crippen LogP contribution in [-0.4, -0.2) is 9.97 Å². The lowest BCUT2D eigenvalue weighted by Crippen LogP contribution is -1.93. The Kier molecular flexibility index (Phi) is 2.00. The van der Waals surface area contributed by atoms with Crippen molar-refractivity contribution in [3.63, 3.8) is 0 Å². The van der Waals surface area contributed by atoms with Gasteiger partial charge in [0.15, 0.2) is 0 Å². The number of fused-ring (bicyclic) bond motifs is 1. The first-order valence-corrected chi connectivity index (χ1v) is 5.35. The molecule has 1 aliphatic rings. The van der Waals surface area contributed by atoms with Crippen molar-refractivity contribution < 1.29 is 0 Å². The summed E-state index contributed by atoms with van der Waals surface area (Å²) in [5.41, 5.74) is 7.43. The highest BCUT2D eigenvalue weighted by Crippen LogP contribution is 2.27. The standard InChI is InChI=1S/C13H11N3/c14-13-12-11(5-6-15-13)7-10(8-16-12)4-3-9-1-2-9/h5-9H,1-2H2,(H2,14,15). The lowest BCUT2D eigenvalue weighted by molar-refractivity contribution is 1.18. The van der Waals surface area contributed by atoms with E-state index in [4.69, 9.17) is 5.73 Å². The predicted molar refractivity (Wildman–Crippen MR) is 63.6 cm³/mol. The average Bonchev–Trinajstić information content (AvgIpc) is 3.10. The molecule has 1 saturated carbocycles. The van der Waals surface area contributed by atoms with Gasteiger partial charge in [-0.2, -0.15) is 0 Å². The van der Waals surface area contributed by atoms with Crippen LogP contribution in [-0.2, 0) is 0 Å². The summed E-state index contributed by atoms with van der Waals surface area (Å²) in [6.07, 6.45) is 5.93. The van der Waals surface area contributed by atoms with Gasteiger partial charge in [-0.25, -0.2) is 4.98 Å². The zero-order chi connectivity index (χ0) is 11.0. The van der Waals surface area contributed by atoms with Crippen LogP contribution in [0.2, 0.25) is 0 Å². The van der Waals surface area contributed by atoms with Gasteiger partial charge in [0.05, 0.1) is 0 Å². The van der Waals surface area contributed by atoms with E-state index in [1.807, 2.05) is 12.1 Å². The van der Waals surface area contributed by atoms with E-state index >= 15 is 0 Å². The van der Waals surface area contributed by atoms with Gasteiger partial charge >= 0.3 is 0 Å². The van der Waals surface area contributed by atoms with Crippen LogP contribution >= 0.6 is 0 Å². The van der Waals surface area contributed by atoms with Gasteiger partial charge in [0, 0.05) is 29.3 Å². The smallest absolute Gasteiger partial charge is 0.149 e. The fraction of sp³-hybridized carbons (Fsp3) is 0.231. The van der Waals surface area contributed by atoms with Crippen molar-refractivity contribution in [1.29, 1.82) is 0 Å². The first kappa shape index (κ1) is 9.17. The highest BCUT2D eigenvalue weighted by Gasteiger charge is 2.17. The third-order valence-corrected chi connectivity index (χ3v) is 2.63. The van der Waals surface area contributed by atoms with Crippen molar-refractivity contribution in [1.82, 2.24) is 9.97 Å². The second kappa shape index (κ2) is 3.49. The summed E-state index contributed by atoms with van der Waals surface area (Å²) < 4.78 is 0. The van der Waals surface area contributed by atoms with Gasteiger partial charge in [-0.3, -0.25) is 4.98 Å². The highest BCUT2D eigenvalue weighted by atomic mass is 14.9. The number of pyridine rings is 2. The van der Waals surface area contributed by atoms with Crippen molar-refractivity contribution in [2.24, 2.45) is 5.92 Å². The topological polar surface area (TPSA) is 51.8 Å². The summed E-state index contributed by atoms with van der Waals surface area (Å²) >= 11 is 0. The maximum Gasteiger partial charge on any atom is 0.149 e. The lowest BCUT2D eigenvalue weighted by atomic mass is 10.2. The molecule has 1 fully saturated rings. The predicted octanol–water partition coefficient (Wildman–Crippen LogP) is 1.97. The highest BCUT2D eigenvalue weighted by molar-refractivity contribution is 5.87.